The van der Waals surface area contributed by atoms with Crippen LogP contribution in [0, 0.1) is 0 Å². The highest BCUT2D eigenvalue weighted by molar-refractivity contribution is 6.08. The molecule has 0 spiro atoms. The lowest BCUT2D eigenvalue weighted by Gasteiger charge is -2.27. The molecule has 1 saturated heterocycles. The van der Waals surface area contributed by atoms with Crippen molar-refractivity contribution in [2.75, 3.05) is 6.54 Å². The van der Waals surface area contributed by atoms with Gasteiger partial charge in [-0.1, -0.05) is 6.58 Å². The Morgan fingerprint density at radius 3 is 2.47 bits per heavy atom. The number of amides is 2. The number of nitrogens with zero attached hydrogens (tertiary/aromatic N) is 1. The van der Waals surface area contributed by atoms with Gasteiger partial charge < -0.3 is 4.74 Å². The van der Waals surface area contributed by atoms with Gasteiger partial charge in [-0.2, -0.15) is 0 Å². The van der Waals surface area contributed by atoms with E-state index in [0.717, 1.165) is 4.90 Å². The summed E-state index contributed by atoms with van der Waals surface area (Å²) in [6.45, 7) is 8.40. The Morgan fingerprint density at radius 1 is 1.35 bits per heavy atom. The van der Waals surface area contributed by atoms with E-state index in [1.807, 2.05) is 0 Å². The topological polar surface area (TPSA) is 63.7 Å². The van der Waals surface area contributed by atoms with Gasteiger partial charge in [0, 0.05) is 12.0 Å². The van der Waals surface area contributed by atoms with E-state index in [1.165, 1.54) is 0 Å². The van der Waals surface area contributed by atoms with Crippen LogP contribution in [0.5, 0.6) is 0 Å². The van der Waals surface area contributed by atoms with E-state index in [4.69, 9.17) is 4.74 Å². The molecule has 17 heavy (non-hydrogen) atoms. The van der Waals surface area contributed by atoms with E-state index in [2.05, 4.69) is 6.58 Å². The number of hydrogen-bond acceptors (Lipinski definition) is 4. The Morgan fingerprint density at radius 2 is 1.94 bits per heavy atom. The monoisotopic (exact) mass is 239 g/mol. The van der Waals surface area contributed by atoms with Crippen molar-refractivity contribution in [2.24, 2.45) is 0 Å². The van der Waals surface area contributed by atoms with Crippen LogP contribution >= 0.6 is 0 Å². The maximum absolute atomic E-state index is 11.6. The number of hydrogen-bond donors (Lipinski definition) is 0. The van der Waals surface area contributed by atoms with Crippen molar-refractivity contribution in [1.29, 1.82) is 0 Å². The Balaban J connectivity index is 2.66. The Kier molecular flexibility index (Phi) is 3.70. The fourth-order valence-electron chi connectivity index (χ4n) is 1.47. The van der Waals surface area contributed by atoms with Gasteiger partial charge >= 0.3 is 5.97 Å². The Hall–Kier alpha value is -1.65. The minimum Gasteiger partial charge on any atom is -0.459 e. The van der Waals surface area contributed by atoms with Crippen molar-refractivity contribution in [2.45, 2.75) is 39.2 Å². The zero-order chi connectivity index (χ0) is 13.2. The average Bonchev–Trinajstić information content (AvgIpc) is 2.16. The lowest BCUT2D eigenvalue weighted by molar-refractivity contribution is -0.162. The lowest BCUT2D eigenvalue weighted by Crippen LogP contribution is -2.45. The van der Waals surface area contributed by atoms with Crippen LogP contribution in [0.1, 0.15) is 33.6 Å². The molecule has 1 fully saturated rings. The first-order valence-electron chi connectivity index (χ1n) is 5.45. The van der Waals surface area contributed by atoms with Gasteiger partial charge in [0.25, 0.3) is 5.91 Å². The first-order chi connectivity index (χ1) is 7.70. The van der Waals surface area contributed by atoms with Crippen LogP contribution in [-0.2, 0) is 19.1 Å². The van der Waals surface area contributed by atoms with Gasteiger partial charge in [0.15, 0.2) is 0 Å². The minimum atomic E-state index is -0.629. The van der Waals surface area contributed by atoms with Crippen LogP contribution in [0.25, 0.3) is 0 Å². The molecule has 0 atom stereocenters. The van der Waals surface area contributed by atoms with E-state index in [0.29, 0.717) is 12.0 Å². The average molecular weight is 239 g/mol. The predicted molar refractivity (Wildman–Crippen MR) is 60.9 cm³/mol. The number of carbonyl (C=O) groups is 3. The SMILES string of the molecule is C=C1CCC(=O)N(CC(=O)OC(C)(C)C)C1=O. The first kappa shape index (κ1) is 13.4. The standard InChI is InChI=1S/C12H17NO4/c1-8-5-6-9(14)13(11(8)16)7-10(15)17-12(2,3)4/h1,5-7H2,2-4H3. The third-order valence-corrected chi connectivity index (χ3v) is 2.20. The van der Waals surface area contributed by atoms with E-state index in [-0.39, 0.29) is 18.9 Å². The first-order valence-corrected chi connectivity index (χ1v) is 5.45. The highest BCUT2D eigenvalue weighted by atomic mass is 16.6. The molecule has 0 aromatic heterocycles. The quantitative estimate of drug-likeness (QED) is 0.410. The van der Waals surface area contributed by atoms with Gasteiger partial charge in [-0.05, 0) is 27.2 Å². The molecular weight excluding hydrogens is 222 g/mol. The second-order valence-corrected chi connectivity index (χ2v) is 4.98. The van der Waals surface area contributed by atoms with Crippen LogP contribution in [0.2, 0.25) is 0 Å². The van der Waals surface area contributed by atoms with Gasteiger partial charge in [-0.25, -0.2) is 0 Å². The number of rotatable bonds is 2. The van der Waals surface area contributed by atoms with Crippen LogP contribution < -0.4 is 0 Å². The molecule has 1 aliphatic rings. The van der Waals surface area contributed by atoms with E-state index in [1.54, 1.807) is 20.8 Å². The summed E-state index contributed by atoms with van der Waals surface area (Å²) < 4.78 is 5.06. The molecule has 1 rings (SSSR count). The fraction of sp³-hybridized carbons (Fsp3) is 0.583. The summed E-state index contributed by atoms with van der Waals surface area (Å²) in [6, 6.07) is 0. The molecule has 0 aromatic rings. The summed E-state index contributed by atoms with van der Waals surface area (Å²) in [4.78, 5) is 35.6. The van der Waals surface area contributed by atoms with Crippen molar-refractivity contribution >= 4 is 17.8 Å². The molecule has 0 saturated carbocycles. The van der Waals surface area contributed by atoms with E-state index >= 15 is 0 Å². The molecule has 0 N–H and O–H groups in total. The highest BCUT2D eigenvalue weighted by Gasteiger charge is 2.31. The van der Waals surface area contributed by atoms with Gasteiger partial charge in [-0.3, -0.25) is 19.3 Å². The second-order valence-electron chi connectivity index (χ2n) is 4.98. The molecule has 5 heteroatoms. The van der Waals surface area contributed by atoms with Crippen molar-refractivity contribution in [3.8, 4) is 0 Å². The summed E-state index contributed by atoms with van der Waals surface area (Å²) in [5.41, 5.74) is -0.274. The summed E-state index contributed by atoms with van der Waals surface area (Å²) >= 11 is 0. The molecule has 0 unspecified atom stereocenters. The maximum atomic E-state index is 11.6. The largest absolute Gasteiger partial charge is 0.459 e. The number of carbonyl (C=O) groups excluding carboxylic acids is 3. The summed E-state index contributed by atoms with van der Waals surface area (Å²) in [5, 5.41) is 0. The summed E-state index contributed by atoms with van der Waals surface area (Å²) in [5.74, 6) is -1.42. The van der Waals surface area contributed by atoms with Crippen molar-refractivity contribution in [1.82, 2.24) is 4.90 Å². The summed E-state index contributed by atoms with van der Waals surface area (Å²) in [6.07, 6.45) is 0.579. The van der Waals surface area contributed by atoms with Crippen molar-refractivity contribution in [3.63, 3.8) is 0 Å². The molecule has 0 aliphatic carbocycles. The van der Waals surface area contributed by atoms with Gasteiger partial charge in [0.1, 0.15) is 12.1 Å². The van der Waals surface area contributed by atoms with Gasteiger partial charge in [0.05, 0.1) is 0 Å². The molecule has 1 heterocycles. The number of piperidine rings is 1. The van der Waals surface area contributed by atoms with Gasteiger partial charge in [0.2, 0.25) is 5.91 Å². The number of imide groups is 1. The van der Waals surface area contributed by atoms with Crippen molar-refractivity contribution in [3.05, 3.63) is 12.2 Å². The Bertz CT molecular complexity index is 378. The third-order valence-electron chi connectivity index (χ3n) is 2.20. The van der Waals surface area contributed by atoms with Crippen LogP contribution in [-0.4, -0.2) is 34.8 Å². The molecule has 0 aromatic carbocycles. The second kappa shape index (κ2) is 4.69. The van der Waals surface area contributed by atoms with Gasteiger partial charge in [-0.15, -0.1) is 0 Å². The minimum absolute atomic E-state index is 0.216. The number of likely N-dealkylation sites (tertiary alicyclic amines) is 1. The summed E-state index contributed by atoms with van der Waals surface area (Å²) in [7, 11) is 0. The Labute approximate surface area is 100 Å². The normalized spacial score (nSPS) is 17.4. The van der Waals surface area contributed by atoms with E-state index in [9.17, 15) is 14.4 Å². The maximum Gasteiger partial charge on any atom is 0.326 e. The van der Waals surface area contributed by atoms with Crippen molar-refractivity contribution < 1.29 is 19.1 Å². The fourth-order valence-corrected chi connectivity index (χ4v) is 1.47. The molecule has 5 nitrogen and oxygen atoms in total. The lowest BCUT2D eigenvalue weighted by atomic mass is 10.1. The molecular formula is C12H17NO4. The molecule has 1 aliphatic heterocycles. The highest BCUT2D eigenvalue weighted by Crippen LogP contribution is 2.17. The predicted octanol–water partition coefficient (Wildman–Crippen LogP) is 1.03. The zero-order valence-corrected chi connectivity index (χ0v) is 10.4. The molecule has 94 valence electrons. The molecule has 0 bridgehead atoms. The number of ether oxygens (including phenoxy) is 1. The molecule has 2 amide bonds. The number of esters is 1. The zero-order valence-electron chi connectivity index (χ0n) is 10.4. The smallest absolute Gasteiger partial charge is 0.326 e. The van der Waals surface area contributed by atoms with Crippen LogP contribution in [0.3, 0.4) is 0 Å². The van der Waals surface area contributed by atoms with Crippen LogP contribution in [0.15, 0.2) is 12.2 Å². The van der Waals surface area contributed by atoms with E-state index < -0.39 is 17.5 Å². The molecule has 0 radical (unpaired) electrons. The third kappa shape index (κ3) is 3.69. The van der Waals surface area contributed by atoms with Crippen LogP contribution in [0.4, 0.5) is 0 Å².